The molecule has 0 saturated carbocycles. The van der Waals surface area contributed by atoms with Crippen molar-refractivity contribution in [3.8, 4) is 0 Å². The van der Waals surface area contributed by atoms with Gasteiger partial charge in [-0.25, -0.2) is 0 Å². The number of hydrogen-bond donors (Lipinski definition) is 2. The molecule has 0 radical (unpaired) electrons. The minimum Gasteiger partial charge on any atom is -0.462 e. The molecule has 52 heavy (non-hydrogen) atoms. The summed E-state index contributed by atoms with van der Waals surface area (Å²) >= 11 is 0. The maximum Gasteiger partial charge on any atom is 0.303 e. The summed E-state index contributed by atoms with van der Waals surface area (Å²) in [4.78, 5) is 60.5. The van der Waals surface area contributed by atoms with Crippen molar-refractivity contribution in [1.82, 2.24) is 0 Å². The highest BCUT2D eigenvalue weighted by atomic mass is 16.8. The number of fused-ring (bicyclic) bond motifs is 1. The van der Waals surface area contributed by atoms with Crippen molar-refractivity contribution in [3.05, 3.63) is 35.9 Å². The van der Waals surface area contributed by atoms with E-state index < -0.39 is 122 Å². The first kappa shape index (κ1) is 41.0. The molecule has 3 aliphatic heterocycles. The van der Waals surface area contributed by atoms with Gasteiger partial charge in [0.15, 0.2) is 42.8 Å². The third kappa shape index (κ3) is 10.9. The molecule has 0 aromatic heterocycles. The number of benzene rings is 1. The Hall–Kier alpha value is -3.75. The van der Waals surface area contributed by atoms with Gasteiger partial charge in [0, 0.05) is 34.6 Å². The van der Waals surface area contributed by atoms with Gasteiger partial charge in [0.2, 0.25) is 0 Å². The molecule has 12 atom stereocenters. The molecule has 3 aliphatic rings. The minimum absolute atomic E-state index is 0.161. The van der Waals surface area contributed by atoms with E-state index in [1.165, 1.54) is 0 Å². The highest BCUT2D eigenvalue weighted by Crippen LogP contribution is 2.41. The summed E-state index contributed by atoms with van der Waals surface area (Å²) in [5.41, 5.74) is 0.859. The maximum absolute atomic E-state index is 12.3. The Bertz CT molecular complexity index is 1400. The van der Waals surface area contributed by atoms with Gasteiger partial charge in [0.1, 0.15) is 43.2 Å². The number of rotatable bonds is 15. The first-order valence-corrected chi connectivity index (χ1v) is 16.6. The van der Waals surface area contributed by atoms with Crippen molar-refractivity contribution >= 4 is 29.8 Å². The lowest BCUT2D eigenvalue weighted by Crippen LogP contribution is -2.65. The number of esters is 5. The third-order valence-corrected chi connectivity index (χ3v) is 8.04. The quantitative estimate of drug-likeness (QED) is 0.181. The fraction of sp³-hybridized carbons (Fsp3) is 0.676. The third-order valence-electron chi connectivity index (χ3n) is 8.04. The average Bonchev–Trinajstić information content (AvgIpc) is 3.54. The number of carbonyl (C=O) groups excluding carboxylic acids is 5. The number of carbonyl (C=O) groups is 5. The molecule has 2 N–H and O–H groups in total. The van der Waals surface area contributed by atoms with Crippen molar-refractivity contribution in [2.24, 2.45) is 0 Å². The fourth-order valence-corrected chi connectivity index (χ4v) is 6.11. The molecular formula is C34H46O18. The van der Waals surface area contributed by atoms with Crippen molar-refractivity contribution in [2.45, 2.75) is 134 Å². The zero-order valence-electron chi connectivity index (χ0n) is 29.9. The lowest BCUT2D eigenvalue weighted by atomic mass is 9.94. The van der Waals surface area contributed by atoms with E-state index in [-0.39, 0.29) is 6.61 Å². The summed E-state index contributed by atoms with van der Waals surface area (Å²) in [6, 6.07) is 9.29. The molecule has 18 heteroatoms. The SMILES string of the molecule is CC(=O)OC[C@H](OC(C)=O)[C@H]1O[C@@H](OC[C@@H](O)[C@@H](O)[C@H]2O[C@@H](OCc3ccccc3)[C@@H]3OC(C)(C)O[C@@H]23)[C@@H](OC(C)=O)[C@@H](OC(C)=O)[C@@H]1OC(C)=O. The molecule has 3 fully saturated rings. The summed E-state index contributed by atoms with van der Waals surface area (Å²) in [7, 11) is 0. The van der Waals surface area contributed by atoms with E-state index in [0.29, 0.717) is 0 Å². The van der Waals surface area contributed by atoms with Gasteiger partial charge < -0.3 is 62.3 Å². The lowest BCUT2D eigenvalue weighted by Gasteiger charge is -2.46. The average molecular weight is 743 g/mol. The van der Waals surface area contributed by atoms with Crippen LogP contribution in [0.3, 0.4) is 0 Å². The molecule has 3 saturated heterocycles. The largest absolute Gasteiger partial charge is 0.462 e. The zero-order chi connectivity index (χ0) is 38.3. The smallest absolute Gasteiger partial charge is 0.303 e. The summed E-state index contributed by atoms with van der Waals surface area (Å²) in [6.07, 6.45) is -16.8. The van der Waals surface area contributed by atoms with E-state index in [4.69, 9.17) is 52.1 Å². The summed E-state index contributed by atoms with van der Waals surface area (Å²) in [5.74, 6) is -5.32. The van der Waals surface area contributed by atoms with Crippen LogP contribution >= 0.6 is 0 Å². The van der Waals surface area contributed by atoms with Crippen molar-refractivity contribution in [2.75, 3.05) is 13.2 Å². The maximum atomic E-state index is 12.3. The monoisotopic (exact) mass is 742 g/mol. The minimum atomic E-state index is -1.72. The van der Waals surface area contributed by atoms with Crippen LogP contribution in [0.25, 0.3) is 0 Å². The predicted molar refractivity (Wildman–Crippen MR) is 169 cm³/mol. The fourth-order valence-electron chi connectivity index (χ4n) is 6.11. The number of aliphatic hydroxyl groups excluding tert-OH is 2. The standard InChI is InChI=1S/C34H46O18/c1-16(35)42-15-23(45-17(2)36)25-27(46-18(3)37)28(47-19(4)38)30(48-20(5)39)32(49-25)44-14-22(40)24(41)26-29-31(52-34(6,7)51-29)33(50-26)43-13-21-11-9-8-10-12-21/h8-12,22-33,40-41H,13-15H2,1-7H3/t22-,23+,24-,25-,26-,27-,28+,29+,30+,31-,32-,33-/m1/s1. The summed E-state index contributed by atoms with van der Waals surface area (Å²) in [5, 5.41) is 22.6. The van der Waals surface area contributed by atoms with Gasteiger partial charge in [-0.15, -0.1) is 0 Å². The molecule has 0 aliphatic carbocycles. The Morgan fingerprint density at radius 1 is 0.692 bits per heavy atom. The van der Waals surface area contributed by atoms with Crippen LogP contribution in [0.5, 0.6) is 0 Å². The van der Waals surface area contributed by atoms with Crippen LogP contribution in [0.15, 0.2) is 30.3 Å². The summed E-state index contributed by atoms with van der Waals surface area (Å²) < 4.78 is 62.6. The second kappa shape index (κ2) is 17.8. The molecule has 0 spiro atoms. The van der Waals surface area contributed by atoms with Crippen LogP contribution < -0.4 is 0 Å². The number of aliphatic hydroxyl groups is 2. The van der Waals surface area contributed by atoms with E-state index in [0.717, 1.165) is 40.2 Å². The van der Waals surface area contributed by atoms with E-state index in [9.17, 15) is 34.2 Å². The van der Waals surface area contributed by atoms with Crippen LogP contribution in [0.1, 0.15) is 54.0 Å². The molecule has 1 aromatic rings. The highest BCUT2D eigenvalue weighted by Gasteiger charge is 2.59. The normalized spacial score (nSPS) is 31.0. The van der Waals surface area contributed by atoms with Gasteiger partial charge in [-0.1, -0.05) is 30.3 Å². The van der Waals surface area contributed by atoms with Crippen LogP contribution in [-0.4, -0.2) is 133 Å². The lowest BCUT2D eigenvalue weighted by molar-refractivity contribution is -0.322. The van der Waals surface area contributed by atoms with Crippen LogP contribution in [0, 0.1) is 0 Å². The number of hydrogen-bond acceptors (Lipinski definition) is 18. The first-order chi connectivity index (χ1) is 24.5. The molecule has 4 rings (SSSR count). The van der Waals surface area contributed by atoms with Crippen molar-refractivity contribution in [1.29, 1.82) is 0 Å². The Morgan fingerprint density at radius 3 is 1.87 bits per heavy atom. The van der Waals surface area contributed by atoms with Gasteiger partial charge in [-0.2, -0.15) is 0 Å². The molecule has 3 heterocycles. The van der Waals surface area contributed by atoms with Gasteiger partial charge in [0.25, 0.3) is 0 Å². The zero-order valence-corrected chi connectivity index (χ0v) is 29.9. The topological polar surface area (TPSA) is 227 Å². The van der Waals surface area contributed by atoms with Crippen LogP contribution in [0.2, 0.25) is 0 Å². The van der Waals surface area contributed by atoms with Crippen molar-refractivity contribution in [3.63, 3.8) is 0 Å². The Kier molecular flexibility index (Phi) is 14.1. The second-order valence-corrected chi connectivity index (χ2v) is 12.9. The molecule has 0 amide bonds. The van der Waals surface area contributed by atoms with E-state index in [1.807, 2.05) is 30.3 Å². The Morgan fingerprint density at radius 2 is 1.27 bits per heavy atom. The molecule has 0 unspecified atom stereocenters. The molecule has 290 valence electrons. The van der Waals surface area contributed by atoms with E-state index in [1.54, 1.807) is 13.8 Å². The van der Waals surface area contributed by atoms with Gasteiger partial charge >= 0.3 is 29.8 Å². The summed E-state index contributed by atoms with van der Waals surface area (Å²) in [6.45, 7) is 7.52. The Labute approximate surface area is 299 Å². The molecule has 0 bridgehead atoms. The molecule has 18 nitrogen and oxygen atoms in total. The van der Waals surface area contributed by atoms with Crippen molar-refractivity contribution < 1.29 is 86.3 Å². The molecule has 1 aromatic carbocycles. The second-order valence-electron chi connectivity index (χ2n) is 12.9. The van der Waals surface area contributed by atoms with Gasteiger partial charge in [-0.3, -0.25) is 24.0 Å². The molecular weight excluding hydrogens is 696 g/mol. The van der Waals surface area contributed by atoms with Crippen LogP contribution in [-0.2, 0) is 82.7 Å². The van der Waals surface area contributed by atoms with Crippen LogP contribution in [0.4, 0.5) is 0 Å². The highest BCUT2D eigenvalue weighted by molar-refractivity contribution is 5.69. The predicted octanol–water partition coefficient (Wildman–Crippen LogP) is 0.201. The Balaban J connectivity index is 1.57. The van der Waals surface area contributed by atoms with Gasteiger partial charge in [-0.05, 0) is 19.4 Å². The van der Waals surface area contributed by atoms with E-state index in [2.05, 4.69) is 0 Å². The van der Waals surface area contributed by atoms with Gasteiger partial charge in [0.05, 0.1) is 13.2 Å². The van der Waals surface area contributed by atoms with E-state index >= 15 is 0 Å². The first-order valence-electron chi connectivity index (χ1n) is 16.6. The number of ether oxygens (including phenoxy) is 11.